The molecule has 158 valence electrons. The summed E-state index contributed by atoms with van der Waals surface area (Å²) in [6, 6.07) is 8.76. The Bertz CT molecular complexity index is 1240. The molecule has 2 bridgehead atoms. The van der Waals surface area contributed by atoms with Crippen LogP contribution in [0.15, 0.2) is 48.8 Å². The van der Waals surface area contributed by atoms with Gasteiger partial charge in [-0.25, -0.2) is 9.97 Å². The molecule has 1 fully saturated rings. The third-order valence-corrected chi connectivity index (χ3v) is 6.27. The minimum Gasteiger partial charge on any atom is -0.383 e. The van der Waals surface area contributed by atoms with E-state index in [9.17, 15) is 4.79 Å². The number of rotatable bonds is 4. The molecule has 2 aromatic heterocycles. The van der Waals surface area contributed by atoms with Gasteiger partial charge in [0.2, 0.25) is 0 Å². The number of hydrogen-bond acceptors (Lipinski definition) is 5. The van der Waals surface area contributed by atoms with Gasteiger partial charge in [0.25, 0.3) is 5.91 Å². The fraction of sp³-hybridized carbons (Fsp3) is 0.292. The van der Waals surface area contributed by atoms with Gasteiger partial charge in [0.1, 0.15) is 17.8 Å². The van der Waals surface area contributed by atoms with Crippen LogP contribution < -0.4 is 16.4 Å². The lowest BCUT2D eigenvalue weighted by molar-refractivity contribution is -0.112. The first-order valence-corrected chi connectivity index (χ1v) is 10.6. The zero-order valence-corrected chi connectivity index (χ0v) is 17.8. The maximum absolute atomic E-state index is 11.9. The number of aryl methyl sites for hydroxylation is 1. The van der Waals surface area contributed by atoms with Gasteiger partial charge in [-0.15, -0.1) is 0 Å². The first kappa shape index (κ1) is 19.5. The summed E-state index contributed by atoms with van der Waals surface area (Å²) in [4.78, 5) is 20.8. The fourth-order valence-corrected chi connectivity index (χ4v) is 4.78. The molecule has 2 aliphatic heterocycles. The smallest absolute Gasteiger partial charge is 0.250 e. The Morgan fingerprint density at radius 2 is 2.03 bits per heavy atom. The second kappa shape index (κ2) is 7.35. The van der Waals surface area contributed by atoms with Crippen LogP contribution in [0.2, 0.25) is 0 Å². The van der Waals surface area contributed by atoms with E-state index < -0.39 is 0 Å². The summed E-state index contributed by atoms with van der Waals surface area (Å²) in [5.74, 6) is 0.315. The van der Waals surface area contributed by atoms with Crippen LogP contribution in [0.1, 0.15) is 31.7 Å². The molecule has 7 heteroatoms. The van der Waals surface area contributed by atoms with Gasteiger partial charge >= 0.3 is 0 Å². The molecule has 2 atom stereocenters. The van der Waals surface area contributed by atoms with Crippen molar-refractivity contribution in [2.75, 3.05) is 11.1 Å². The zero-order chi connectivity index (χ0) is 21.7. The summed E-state index contributed by atoms with van der Waals surface area (Å²) in [7, 11) is 2.01. The molecule has 1 saturated heterocycles. The number of hydrogen-bond donors (Lipinski definition) is 3. The highest BCUT2D eigenvalue weighted by Crippen LogP contribution is 2.43. The van der Waals surface area contributed by atoms with Crippen LogP contribution in [0.25, 0.3) is 27.9 Å². The molecule has 0 radical (unpaired) electrons. The maximum Gasteiger partial charge on any atom is 0.250 e. The molecule has 4 N–H and O–H groups in total. The lowest BCUT2D eigenvalue weighted by Crippen LogP contribution is -2.32. The average molecular weight is 415 g/mol. The van der Waals surface area contributed by atoms with E-state index in [1.54, 1.807) is 6.92 Å². The molecule has 1 aromatic carbocycles. The van der Waals surface area contributed by atoms with Crippen molar-refractivity contribution in [3.05, 3.63) is 54.4 Å². The van der Waals surface area contributed by atoms with Crippen molar-refractivity contribution < 1.29 is 4.79 Å². The summed E-state index contributed by atoms with van der Waals surface area (Å²) >= 11 is 0. The van der Waals surface area contributed by atoms with Crippen LogP contribution in [0, 0.1) is 0 Å². The van der Waals surface area contributed by atoms with Crippen molar-refractivity contribution in [2.45, 2.75) is 38.3 Å². The molecular weight excluding hydrogens is 388 g/mol. The van der Waals surface area contributed by atoms with Gasteiger partial charge in [-0.1, -0.05) is 24.8 Å². The molecule has 1 amide bonds. The van der Waals surface area contributed by atoms with Gasteiger partial charge in [0.05, 0.1) is 11.1 Å². The number of nitrogen functional groups attached to an aromatic ring is 1. The molecule has 0 saturated carbocycles. The second-order valence-corrected chi connectivity index (χ2v) is 8.50. The van der Waals surface area contributed by atoms with E-state index in [4.69, 9.17) is 5.73 Å². The number of carbonyl (C=O) groups excluding carboxylic acids is 1. The molecule has 0 aliphatic carbocycles. The number of carbonyl (C=O) groups is 1. The quantitative estimate of drug-likeness (QED) is 0.566. The Balaban J connectivity index is 1.65. The highest BCUT2D eigenvalue weighted by Gasteiger charge is 2.32. The summed E-state index contributed by atoms with van der Waals surface area (Å²) in [6.45, 7) is 5.38. The Labute approximate surface area is 181 Å². The third kappa shape index (κ3) is 3.31. The van der Waals surface area contributed by atoms with E-state index >= 15 is 0 Å². The minimum atomic E-state index is -0.184. The SMILES string of the molecule is C=C(C)C(=O)Nc1ccc(-c2c(C3=CC4CCC(C3)N4)c3c(N)ncnc3n2C)cc1. The predicted molar refractivity (Wildman–Crippen MR) is 124 cm³/mol. The van der Waals surface area contributed by atoms with Crippen molar-refractivity contribution in [1.82, 2.24) is 19.9 Å². The molecular formula is C24H26N6O. The highest BCUT2D eigenvalue weighted by atomic mass is 16.1. The number of amides is 1. The van der Waals surface area contributed by atoms with E-state index in [1.165, 1.54) is 18.3 Å². The topological polar surface area (TPSA) is 97.9 Å². The summed E-state index contributed by atoms with van der Waals surface area (Å²) in [6.07, 6.45) is 7.17. The van der Waals surface area contributed by atoms with Gasteiger partial charge in [0.15, 0.2) is 0 Å². The van der Waals surface area contributed by atoms with Crippen LogP contribution in [0.5, 0.6) is 0 Å². The number of nitrogens with zero attached hydrogens (tertiary/aromatic N) is 3. The highest BCUT2D eigenvalue weighted by molar-refractivity contribution is 6.05. The van der Waals surface area contributed by atoms with Crippen LogP contribution in [0.4, 0.5) is 11.5 Å². The molecule has 5 rings (SSSR count). The van der Waals surface area contributed by atoms with Gasteiger partial charge < -0.3 is 20.9 Å². The Morgan fingerprint density at radius 3 is 2.74 bits per heavy atom. The molecule has 2 aliphatic rings. The maximum atomic E-state index is 11.9. The minimum absolute atomic E-state index is 0.184. The van der Waals surface area contributed by atoms with Crippen LogP contribution in [-0.4, -0.2) is 32.5 Å². The molecule has 3 aromatic rings. The number of aromatic nitrogens is 3. The first-order chi connectivity index (χ1) is 14.9. The number of nitrogens with one attached hydrogen (secondary N) is 2. The molecule has 31 heavy (non-hydrogen) atoms. The van der Waals surface area contributed by atoms with E-state index in [0.717, 1.165) is 46.4 Å². The van der Waals surface area contributed by atoms with E-state index in [-0.39, 0.29) is 5.91 Å². The molecule has 4 heterocycles. The van der Waals surface area contributed by atoms with Crippen molar-refractivity contribution in [3.63, 3.8) is 0 Å². The largest absolute Gasteiger partial charge is 0.383 e. The zero-order valence-electron chi connectivity index (χ0n) is 17.8. The van der Waals surface area contributed by atoms with Crippen LogP contribution in [0.3, 0.4) is 0 Å². The number of nitrogens with two attached hydrogens (primary N) is 1. The Hall–Kier alpha value is -3.45. The van der Waals surface area contributed by atoms with Crippen LogP contribution in [-0.2, 0) is 11.8 Å². The number of fused-ring (bicyclic) bond motifs is 3. The standard InChI is InChI=1S/C24H26N6O/c1-13(2)24(31)29-16-6-4-14(5-7-16)21-19(15-10-17-8-9-18(11-15)28-17)20-22(25)26-12-27-23(20)30(21)3/h4-7,10,12,17-18,28H,1,8-9,11H2,2-3H3,(H,29,31)(H2,25,26,27). The lowest BCUT2D eigenvalue weighted by atomic mass is 9.92. The van der Waals surface area contributed by atoms with E-state index in [2.05, 4.69) is 37.8 Å². The first-order valence-electron chi connectivity index (χ1n) is 10.6. The van der Waals surface area contributed by atoms with Gasteiger partial charge in [-0.05, 0) is 49.5 Å². The summed E-state index contributed by atoms with van der Waals surface area (Å²) in [5, 5.41) is 7.43. The number of benzene rings is 1. The fourth-order valence-electron chi connectivity index (χ4n) is 4.78. The van der Waals surface area contributed by atoms with Crippen molar-refractivity contribution in [2.24, 2.45) is 7.05 Å². The van der Waals surface area contributed by atoms with Crippen molar-refractivity contribution in [1.29, 1.82) is 0 Å². The summed E-state index contributed by atoms with van der Waals surface area (Å²) < 4.78 is 2.09. The van der Waals surface area contributed by atoms with Crippen LogP contribution >= 0.6 is 0 Å². The average Bonchev–Trinajstić information content (AvgIpc) is 3.25. The molecule has 2 unspecified atom stereocenters. The number of anilines is 2. The van der Waals surface area contributed by atoms with Gasteiger partial charge in [0, 0.05) is 36.0 Å². The van der Waals surface area contributed by atoms with Crippen molar-refractivity contribution >= 4 is 34.0 Å². The Kier molecular flexibility index (Phi) is 4.63. The predicted octanol–water partition coefficient (Wildman–Crippen LogP) is 3.64. The third-order valence-electron chi connectivity index (χ3n) is 6.27. The molecule has 0 spiro atoms. The van der Waals surface area contributed by atoms with Crippen molar-refractivity contribution in [3.8, 4) is 11.3 Å². The lowest BCUT2D eigenvalue weighted by Gasteiger charge is -2.22. The van der Waals surface area contributed by atoms with Gasteiger partial charge in [-0.3, -0.25) is 4.79 Å². The molecule has 7 nitrogen and oxygen atoms in total. The Morgan fingerprint density at radius 1 is 1.26 bits per heavy atom. The van der Waals surface area contributed by atoms with Gasteiger partial charge in [-0.2, -0.15) is 0 Å². The second-order valence-electron chi connectivity index (χ2n) is 8.50. The normalized spacial score (nSPS) is 20.0. The monoisotopic (exact) mass is 414 g/mol. The summed E-state index contributed by atoms with van der Waals surface area (Å²) in [5.41, 5.74) is 12.9. The van der Waals surface area contributed by atoms with E-state index in [0.29, 0.717) is 23.5 Å². The van der Waals surface area contributed by atoms with E-state index in [1.807, 2.05) is 31.3 Å².